The first-order chi connectivity index (χ1) is 10.2. The lowest BCUT2D eigenvalue weighted by atomic mass is 10.1. The summed E-state index contributed by atoms with van der Waals surface area (Å²) < 4.78 is 5.79. The summed E-state index contributed by atoms with van der Waals surface area (Å²) in [6.07, 6.45) is 5.05. The minimum atomic E-state index is 0.351. The van der Waals surface area contributed by atoms with Crippen LogP contribution in [0.15, 0.2) is 12.1 Å². The fraction of sp³-hybridized carbons (Fsp3) is 0.688. The molecular formula is C16H26ClN3O. The smallest absolute Gasteiger partial charge is 0.126 e. The van der Waals surface area contributed by atoms with Crippen LogP contribution in [0.5, 0.6) is 0 Å². The van der Waals surface area contributed by atoms with Crippen LogP contribution in [0, 0.1) is 0 Å². The van der Waals surface area contributed by atoms with Crippen LogP contribution in [0.25, 0.3) is 0 Å². The zero-order chi connectivity index (χ0) is 15.1. The Hall–Kier alpha value is -0.840. The van der Waals surface area contributed by atoms with E-state index < -0.39 is 0 Å². The fourth-order valence-corrected chi connectivity index (χ4v) is 2.73. The van der Waals surface area contributed by atoms with Crippen molar-refractivity contribution < 1.29 is 4.74 Å². The van der Waals surface area contributed by atoms with Gasteiger partial charge in [-0.25, -0.2) is 4.98 Å². The maximum atomic E-state index is 6.27. The summed E-state index contributed by atoms with van der Waals surface area (Å²) >= 11 is 6.27. The molecule has 1 unspecified atom stereocenters. The molecular weight excluding hydrogens is 286 g/mol. The van der Waals surface area contributed by atoms with Crippen LogP contribution in [0.1, 0.15) is 38.3 Å². The molecule has 1 N–H and O–H groups in total. The Morgan fingerprint density at radius 3 is 3.00 bits per heavy atom. The quantitative estimate of drug-likeness (QED) is 0.835. The molecule has 4 nitrogen and oxygen atoms in total. The fourth-order valence-electron chi connectivity index (χ4n) is 2.57. The van der Waals surface area contributed by atoms with Crippen LogP contribution in [0.3, 0.4) is 0 Å². The zero-order valence-corrected chi connectivity index (χ0v) is 13.8. The van der Waals surface area contributed by atoms with E-state index in [0.29, 0.717) is 6.10 Å². The number of aromatic nitrogens is 1. The van der Waals surface area contributed by atoms with Crippen LogP contribution in [-0.2, 0) is 11.3 Å². The molecule has 2 heterocycles. The van der Waals surface area contributed by atoms with Crippen LogP contribution in [-0.4, -0.2) is 42.7 Å². The highest BCUT2D eigenvalue weighted by Crippen LogP contribution is 2.19. The standard InChI is InChI=1S/C16H26ClN3O/c1-3-9-18-16-8-7-14(17)15(19-16)12-20(2)11-13-6-4-5-10-21-13/h7-8,13H,3-6,9-12H2,1-2H3,(H,18,19). The summed E-state index contributed by atoms with van der Waals surface area (Å²) in [5.41, 5.74) is 0.927. The Kier molecular flexibility index (Phi) is 6.74. The number of nitrogens with zero attached hydrogens (tertiary/aromatic N) is 2. The molecule has 1 aliphatic heterocycles. The summed E-state index contributed by atoms with van der Waals surface area (Å²) in [6.45, 7) is 5.65. The van der Waals surface area contributed by atoms with Crippen molar-refractivity contribution in [2.75, 3.05) is 32.1 Å². The van der Waals surface area contributed by atoms with Crippen LogP contribution >= 0.6 is 11.6 Å². The van der Waals surface area contributed by atoms with E-state index in [9.17, 15) is 0 Å². The molecule has 0 aromatic carbocycles. The molecule has 1 atom stereocenters. The van der Waals surface area contributed by atoms with E-state index >= 15 is 0 Å². The topological polar surface area (TPSA) is 37.4 Å². The summed E-state index contributed by atoms with van der Waals surface area (Å²) in [7, 11) is 2.10. The van der Waals surface area contributed by atoms with Gasteiger partial charge in [-0.15, -0.1) is 0 Å². The van der Waals surface area contributed by atoms with Gasteiger partial charge < -0.3 is 10.1 Å². The molecule has 1 saturated heterocycles. The lowest BCUT2D eigenvalue weighted by molar-refractivity contribution is -0.00273. The van der Waals surface area contributed by atoms with Gasteiger partial charge in [0.2, 0.25) is 0 Å². The predicted octanol–water partition coefficient (Wildman–Crippen LogP) is 3.56. The molecule has 1 aromatic rings. The van der Waals surface area contributed by atoms with E-state index in [2.05, 4.69) is 29.2 Å². The lowest BCUT2D eigenvalue weighted by Crippen LogP contribution is -2.33. The molecule has 2 rings (SSSR count). The first-order valence-electron chi connectivity index (χ1n) is 7.88. The highest BCUT2D eigenvalue weighted by molar-refractivity contribution is 6.31. The van der Waals surface area contributed by atoms with Gasteiger partial charge in [0.05, 0.1) is 16.8 Å². The number of likely N-dealkylation sites (N-methyl/N-ethyl adjacent to an activating group) is 1. The Morgan fingerprint density at radius 2 is 2.29 bits per heavy atom. The van der Waals surface area contributed by atoms with Crippen molar-refractivity contribution in [2.24, 2.45) is 0 Å². The molecule has 0 saturated carbocycles. The normalized spacial score (nSPS) is 19.0. The van der Waals surface area contributed by atoms with Gasteiger partial charge in [0, 0.05) is 26.2 Å². The first-order valence-corrected chi connectivity index (χ1v) is 8.26. The number of halogens is 1. The average molecular weight is 312 g/mol. The van der Waals surface area contributed by atoms with Crippen molar-refractivity contribution in [1.82, 2.24) is 9.88 Å². The molecule has 1 fully saturated rings. The highest BCUT2D eigenvalue weighted by atomic mass is 35.5. The monoisotopic (exact) mass is 311 g/mol. The van der Waals surface area contributed by atoms with E-state index in [1.807, 2.05) is 12.1 Å². The summed E-state index contributed by atoms with van der Waals surface area (Å²) in [4.78, 5) is 6.86. The number of pyridine rings is 1. The maximum Gasteiger partial charge on any atom is 0.126 e. The zero-order valence-electron chi connectivity index (χ0n) is 13.1. The third-order valence-electron chi connectivity index (χ3n) is 3.68. The summed E-state index contributed by atoms with van der Waals surface area (Å²) in [5, 5.41) is 4.03. The number of ether oxygens (including phenoxy) is 1. The second-order valence-corrected chi connectivity index (χ2v) is 6.14. The Labute approximate surface area is 132 Å². The maximum absolute atomic E-state index is 6.27. The van der Waals surface area contributed by atoms with Gasteiger partial charge >= 0.3 is 0 Å². The van der Waals surface area contributed by atoms with E-state index in [1.165, 1.54) is 12.8 Å². The number of rotatable bonds is 7. The average Bonchev–Trinajstić information content (AvgIpc) is 2.49. The molecule has 0 spiro atoms. The second-order valence-electron chi connectivity index (χ2n) is 5.74. The van der Waals surface area contributed by atoms with Crippen molar-refractivity contribution in [3.05, 3.63) is 22.8 Å². The van der Waals surface area contributed by atoms with Gasteiger partial charge in [0.25, 0.3) is 0 Å². The largest absolute Gasteiger partial charge is 0.377 e. The van der Waals surface area contributed by atoms with Crippen molar-refractivity contribution in [3.8, 4) is 0 Å². The Balaban J connectivity index is 1.90. The SMILES string of the molecule is CCCNc1ccc(Cl)c(CN(C)CC2CCCCO2)n1. The van der Waals surface area contributed by atoms with Crippen molar-refractivity contribution in [3.63, 3.8) is 0 Å². The van der Waals surface area contributed by atoms with Crippen molar-refractivity contribution in [1.29, 1.82) is 0 Å². The molecule has 0 radical (unpaired) electrons. The Bertz CT molecular complexity index is 436. The minimum Gasteiger partial charge on any atom is -0.377 e. The molecule has 5 heteroatoms. The van der Waals surface area contributed by atoms with Crippen molar-refractivity contribution >= 4 is 17.4 Å². The first kappa shape index (κ1) is 16.5. The molecule has 1 aromatic heterocycles. The highest BCUT2D eigenvalue weighted by Gasteiger charge is 2.17. The number of hydrogen-bond donors (Lipinski definition) is 1. The van der Waals surface area contributed by atoms with Crippen molar-refractivity contribution in [2.45, 2.75) is 45.3 Å². The van der Waals surface area contributed by atoms with Gasteiger partial charge in [-0.3, -0.25) is 4.90 Å². The molecule has 21 heavy (non-hydrogen) atoms. The molecule has 0 amide bonds. The predicted molar refractivity (Wildman–Crippen MR) is 88.0 cm³/mol. The van der Waals surface area contributed by atoms with E-state index in [4.69, 9.17) is 16.3 Å². The minimum absolute atomic E-state index is 0.351. The number of anilines is 1. The van der Waals surface area contributed by atoms with Gasteiger partial charge in [-0.2, -0.15) is 0 Å². The molecule has 0 bridgehead atoms. The number of hydrogen-bond acceptors (Lipinski definition) is 4. The molecule has 1 aliphatic rings. The van der Waals surface area contributed by atoms with Crippen LogP contribution < -0.4 is 5.32 Å². The molecule has 0 aliphatic carbocycles. The van der Waals surface area contributed by atoms with Gasteiger partial charge in [-0.1, -0.05) is 18.5 Å². The third-order valence-corrected chi connectivity index (χ3v) is 4.03. The van der Waals surface area contributed by atoms with Crippen LogP contribution in [0.4, 0.5) is 5.82 Å². The third kappa shape index (κ3) is 5.46. The Morgan fingerprint density at radius 1 is 1.43 bits per heavy atom. The van der Waals surface area contributed by atoms with E-state index in [-0.39, 0.29) is 0 Å². The molecule has 118 valence electrons. The van der Waals surface area contributed by atoms with Gasteiger partial charge in [0.15, 0.2) is 0 Å². The van der Waals surface area contributed by atoms with Gasteiger partial charge in [0.1, 0.15) is 5.82 Å². The van der Waals surface area contributed by atoms with E-state index in [0.717, 1.165) is 55.6 Å². The lowest BCUT2D eigenvalue weighted by Gasteiger charge is -2.27. The summed E-state index contributed by atoms with van der Waals surface area (Å²) in [5.74, 6) is 0.901. The summed E-state index contributed by atoms with van der Waals surface area (Å²) in [6, 6.07) is 3.86. The number of nitrogens with one attached hydrogen (secondary N) is 1. The second kappa shape index (κ2) is 8.57. The van der Waals surface area contributed by atoms with E-state index in [1.54, 1.807) is 0 Å². The van der Waals surface area contributed by atoms with Gasteiger partial charge in [-0.05, 0) is 44.9 Å². The van der Waals surface area contributed by atoms with Crippen LogP contribution in [0.2, 0.25) is 5.02 Å².